The smallest absolute Gasteiger partial charge is 0.220 e. The lowest BCUT2D eigenvalue weighted by Gasteiger charge is -2.15. The Hall–Kier alpha value is -0.730. The first-order chi connectivity index (χ1) is 8.04. The van der Waals surface area contributed by atoms with Crippen LogP contribution in [-0.4, -0.2) is 5.91 Å². The summed E-state index contributed by atoms with van der Waals surface area (Å²) in [5.74, 6) is 0.0605. The van der Waals surface area contributed by atoms with Crippen LogP contribution in [0.3, 0.4) is 0 Å². The molecule has 1 aromatic carbocycles. The standard InChI is InChI=1S/C13H17Cl2NO/c1-3-4-5-13(17)16-9(2)11-7-6-10(14)8-12(11)15/h6-9H,3-5H2,1-2H3,(H,16,17). The molecule has 17 heavy (non-hydrogen) atoms. The molecule has 0 aliphatic carbocycles. The van der Waals surface area contributed by atoms with Crippen LogP contribution in [0.15, 0.2) is 18.2 Å². The van der Waals surface area contributed by atoms with E-state index in [1.54, 1.807) is 12.1 Å². The second-order valence-corrected chi connectivity index (χ2v) is 4.90. The third-order valence-corrected chi connectivity index (χ3v) is 3.13. The summed E-state index contributed by atoms with van der Waals surface area (Å²) < 4.78 is 0. The van der Waals surface area contributed by atoms with Gasteiger partial charge in [-0.3, -0.25) is 4.79 Å². The number of rotatable bonds is 5. The van der Waals surface area contributed by atoms with Gasteiger partial charge in [-0.05, 0) is 31.0 Å². The molecule has 1 N–H and O–H groups in total. The maximum atomic E-state index is 11.6. The van der Waals surface area contributed by atoms with E-state index in [9.17, 15) is 4.79 Å². The minimum absolute atomic E-state index is 0.0605. The van der Waals surface area contributed by atoms with Crippen LogP contribution < -0.4 is 5.32 Å². The summed E-state index contributed by atoms with van der Waals surface area (Å²) in [6, 6.07) is 5.21. The normalized spacial score (nSPS) is 12.2. The lowest BCUT2D eigenvalue weighted by molar-refractivity contribution is -0.121. The first-order valence-corrected chi connectivity index (χ1v) is 6.54. The Bertz CT molecular complexity index is 393. The van der Waals surface area contributed by atoms with Crippen LogP contribution in [-0.2, 0) is 4.79 Å². The summed E-state index contributed by atoms with van der Waals surface area (Å²) in [6.07, 6.45) is 2.49. The van der Waals surface area contributed by atoms with Gasteiger partial charge in [0.15, 0.2) is 0 Å². The van der Waals surface area contributed by atoms with Crippen LogP contribution in [0.4, 0.5) is 0 Å². The number of amides is 1. The molecule has 1 unspecified atom stereocenters. The molecule has 0 aliphatic heterocycles. The van der Waals surface area contributed by atoms with E-state index >= 15 is 0 Å². The van der Waals surface area contributed by atoms with Crippen molar-refractivity contribution in [1.82, 2.24) is 5.32 Å². The maximum Gasteiger partial charge on any atom is 0.220 e. The van der Waals surface area contributed by atoms with Crippen molar-refractivity contribution in [3.05, 3.63) is 33.8 Å². The van der Waals surface area contributed by atoms with E-state index in [1.807, 2.05) is 13.0 Å². The van der Waals surface area contributed by atoms with Crippen LogP contribution in [0, 0.1) is 0 Å². The lowest BCUT2D eigenvalue weighted by atomic mass is 10.1. The summed E-state index contributed by atoms with van der Waals surface area (Å²) in [5, 5.41) is 4.11. The Balaban J connectivity index is 2.63. The van der Waals surface area contributed by atoms with E-state index in [0.717, 1.165) is 18.4 Å². The number of carbonyl (C=O) groups is 1. The van der Waals surface area contributed by atoms with E-state index in [1.165, 1.54) is 0 Å². The van der Waals surface area contributed by atoms with Crippen molar-refractivity contribution in [2.75, 3.05) is 0 Å². The highest BCUT2D eigenvalue weighted by atomic mass is 35.5. The number of benzene rings is 1. The Morgan fingerprint density at radius 2 is 2.12 bits per heavy atom. The quantitative estimate of drug-likeness (QED) is 0.849. The molecule has 0 bridgehead atoms. The summed E-state index contributed by atoms with van der Waals surface area (Å²) in [4.78, 5) is 11.6. The zero-order valence-corrected chi connectivity index (χ0v) is 11.6. The van der Waals surface area contributed by atoms with Gasteiger partial charge in [0.25, 0.3) is 0 Å². The zero-order chi connectivity index (χ0) is 12.8. The van der Waals surface area contributed by atoms with Crippen molar-refractivity contribution in [3.8, 4) is 0 Å². The van der Waals surface area contributed by atoms with Crippen LogP contribution in [0.25, 0.3) is 0 Å². The molecule has 0 saturated heterocycles. The lowest BCUT2D eigenvalue weighted by Crippen LogP contribution is -2.26. The fourth-order valence-electron chi connectivity index (χ4n) is 1.58. The third-order valence-electron chi connectivity index (χ3n) is 2.56. The van der Waals surface area contributed by atoms with Gasteiger partial charge in [-0.25, -0.2) is 0 Å². The molecule has 0 fully saturated rings. The average molecular weight is 274 g/mol. The monoisotopic (exact) mass is 273 g/mol. The second-order valence-electron chi connectivity index (χ2n) is 4.06. The molecule has 94 valence electrons. The minimum Gasteiger partial charge on any atom is -0.350 e. The first-order valence-electron chi connectivity index (χ1n) is 5.79. The summed E-state index contributed by atoms with van der Waals surface area (Å²) in [7, 11) is 0. The predicted molar refractivity (Wildman–Crippen MR) is 72.5 cm³/mol. The SMILES string of the molecule is CCCCC(=O)NC(C)c1ccc(Cl)cc1Cl. The molecule has 0 radical (unpaired) electrons. The van der Waals surface area contributed by atoms with Crippen molar-refractivity contribution in [2.45, 2.75) is 39.2 Å². The summed E-state index contributed by atoms with van der Waals surface area (Å²) in [6.45, 7) is 3.98. The molecule has 1 amide bonds. The molecule has 0 aliphatic rings. The van der Waals surface area contributed by atoms with Crippen molar-refractivity contribution in [1.29, 1.82) is 0 Å². The highest BCUT2D eigenvalue weighted by Gasteiger charge is 2.12. The molecular weight excluding hydrogens is 257 g/mol. The number of halogens is 2. The maximum absolute atomic E-state index is 11.6. The van der Waals surface area contributed by atoms with Crippen molar-refractivity contribution >= 4 is 29.1 Å². The number of carbonyl (C=O) groups excluding carboxylic acids is 1. The van der Waals surface area contributed by atoms with Crippen molar-refractivity contribution in [3.63, 3.8) is 0 Å². The van der Waals surface area contributed by atoms with Crippen LogP contribution in [0.5, 0.6) is 0 Å². The number of nitrogens with one attached hydrogen (secondary N) is 1. The van der Waals surface area contributed by atoms with E-state index < -0.39 is 0 Å². The third kappa shape index (κ3) is 4.57. The number of unbranched alkanes of at least 4 members (excludes halogenated alkanes) is 1. The average Bonchev–Trinajstić information content (AvgIpc) is 2.26. The molecule has 2 nitrogen and oxygen atoms in total. The molecule has 4 heteroatoms. The van der Waals surface area contributed by atoms with Gasteiger partial charge in [0.1, 0.15) is 0 Å². The van der Waals surface area contributed by atoms with Gasteiger partial charge >= 0.3 is 0 Å². The molecule has 0 aromatic heterocycles. The molecule has 1 rings (SSSR count). The Morgan fingerprint density at radius 3 is 2.71 bits per heavy atom. The number of hydrogen-bond donors (Lipinski definition) is 1. The largest absolute Gasteiger partial charge is 0.350 e. The Kier molecular flexibility index (Phi) is 5.79. The minimum atomic E-state index is -0.0934. The van der Waals surface area contributed by atoms with E-state index in [0.29, 0.717) is 16.5 Å². The zero-order valence-electron chi connectivity index (χ0n) is 10.1. The van der Waals surface area contributed by atoms with Crippen LogP contribution in [0.1, 0.15) is 44.7 Å². The van der Waals surface area contributed by atoms with E-state index in [-0.39, 0.29) is 11.9 Å². The molecule has 0 saturated carbocycles. The summed E-state index contributed by atoms with van der Waals surface area (Å²) in [5.41, 5.74) is 0.890. The highest BCUT2D eigenvalue weighted by Crippen LogP contribution is 2.26. The van der Waals surface area contributed by atoms with Gasteiger partial charge < -0.3 is 5.32 Å². The van der Waals surface area contributed by atoms with Gasteiger partial charge in [-0.2, -0.15) is 0 Å². The fraction of sp³-hybridized carbons (Fsp3) is 0.462. The highest BCUT2D eigenvalue weighted by molar-refractivity contribution is 6.35. The molecule has 1 atom stereocenters. The number of hydrogen-bond acceptors (Lipinski definition) is 1. The van der Waals surface area contributed by atoms with Gasteiger partial charge in [0.05, 0.1) is 6.04 Å². The fourth-order valence-corrected chi connectivity index (χ4v) is 2.15. The van der Waals surface area contributed by atoms with Gasteiger partial charge in [0, 0.05) is 16.5 Å². The molecular formula is C13H17Cl2NO. The Labute approximate surface area is 112 Å². The Morgan fingerprint density at radius 1 is 1.41 bits per heavy atom. The molecule has 0 spiro atoms. The predicted octanol–water partition coefficient (Wildman–Crippen LogP) is 4.36. The van der Waals surface area contributed by atoms with E-state index in [2.05, 4.69) is 12.2 Å². The summed E-state index contributed by atoms with van der Waals surface area (Å²) >= 11 is 11.9. The molecule has 0 heterocycles. The topological polar surface area (TPSA) is 29.1 Å². The van der Waals surface area contributed by atoms with Gasteiger partial charge in [-0.1, -0.05) is 42.6 Å². The van der Waals surface area contributed by atoms with Gasteiger partial charge in [-0.15, -0.1) is 0 Å². The van der Waals surface area contributed by atoms with Crippen molar-refractivity contribution in [2.24, 2.45) is 0 Å². The second kappa shape index (κ2) is 6.87. The first kappa shape index (κ1) is 14.3. The van der Waals surface area contributed by atoms with E-state index in [4.69, 9.17) is 23.2 Å². The molecule has 1 aromatic rings. The van der Waals surface area contributed by atoms with Crippen LogP contribution in [0.2, 0.25) is 10.0 Å². The van der Waals surface area contributed by atoms with Crippen molar-refractivity contribution < 1.29 is 4.79 Å². The van der Waals surface area contributed by atoms with Gasteiger partial charge in [0.2, 0.25) is 5.91 Å². The van der Waals surface area contributed by atoms with Crippen LogP contribution >= 0.6 is 23.2 Å².